The Hall–Kier alpha value is -2.41. The lowest BCUT2D eigenvalue weighted by molar-refractivity contribution is -0.120. The molecule has 1 unspecified atom stereocenters. The van der Waals surface area contributed by atoms with Gasteiger partial charge in [0.2, 0.25) is 11.1 Å². The zero-order valence-corrected chi connectivity index (χ0v) is 14.7. The summed E-state index contributed by atoms with van der Waals surface area (Å²) in [4.78, 5) is 21.1. The van der Waals surface area contributed by atoms with Crippen LogP contribution in [0, 0.1) is 13.8 Å². The van der Waals surface area contributed by atoms with E-state index in [0.29, 0.717) is 17.4 Å². The van der Waals surface area contributed by atoms with Gasteiger partial charge in [0.05, 0.1) is 5.25 Å². The average molecular weight is 341 g/mol. The maximum absolute atomic E-state index is 12.2. The minimum atomic E-state index is -0.295. The van der Waals surface area contributed by atoms with Crippen molar-refractivity contribution in [2.75, 3.05) is 7.05 Å². The lowest BCUT2D eigenvalue weighted by atomic mass is 10.1. The second-order valence-electron chi connectivity index (χ2n) is 5.56. The van der Waals surface area contributed by atoms with E-state index < -0.39 is 0 Å². The lowest BCUT2D eigenvalue weighted by Gasteiger charge is -2.13. The molecule has 2 heterocycles. The molecule has 0 bridgehead atoms. The van der Waals surface area contributed by atoms with Crippen LogP contribution in [0.5, 0.6) is 0 Å². The van der Waals surface area contributed by atoms with Gasteiger partial charge in [0, 0.05) is 18.4 Å². The van der Waals surface area contributed by atoms with E-state index in [0.717, 1.165) is 17.0 Å². The largest absolute Gasteiger partial charge is 0.358 e. The number of carbonyl (C=O) groups is 1. The van der Waals surface area contributed by atoms with Gasteiger partial charge >= 0.3 is 0 Å². The van der Waals surface area contributed by atoms with Crippen molar-refractivity contribution >= 4 is 23.4 Å². The molecule has 3 aromatic rings. The highest BCUT2D eigenvalue weighted by molar-refractivity contribution is 8.00. The van der Waals surface area contributed by atoms with Crippen LogP contribution in [-0.4, -0.2) is 37.8 Å². The van der Waals surface area contributed by atoms with E-state index in [1.165, 1.54) is 11.8 Å². The third-order valence-corrected chi connectivity index (χ3v) is 4.70. The lowest BCUT2D eigenvalue weighted by Crippen LogP contribution is -2.31. The first-order valence-electron chi connectivity index (χ1n) is 7.70. The van der Waals surface area contributed by atoms with E-state index in [9.17, 15) is 4.79 Å². The van der Waals surface area contributed by atoms with Gasteiger partial charge in [-0.15, -0.1) is 5.10 Å². The number of hydrogen-bond acceptors (Lipinski definition) is 5. The van der Waals surface area contributed by atoms with E-state index in [4.69, 9.17) is 0 Å². The van der Waals surface area contributed by atoms with Crippen LogP contribution in [-0.2, 0) is 11.2 Å². The highest BCUT2D eigenvalue weighted by Gasteiger charge is 2.22. The average Bonchev–Trinajstić information content (AvgIpc) is 2.97. The molecule has 0 radical (unpaired) electrons. The number of aromatic nitrogens is 4. The van der Waals surface area contributed by atoms with Gasteiger partial charge in [-0.2, -0.15) is 4.98 Å². The summed E-state index contributed by atoms with van der Waals surface area (Å²) in [5.74, 6) is 0.522. The molecule has 1 atom stereocenters. The van der Waals surface area contributed by atoms with Gasteiger partial charge < -0.3 is 5.32 Å². The highest BCUT2D eigenvalue weighted by Crippen LogP contribution is 2.24. The predicted molar refractivity (Wildman–Crippen MR) is 94.1 cm³/mol. The van der Waals surface area contributed by atoms with Gasteiger partial charge in [-0.1, -0.05) is 42.1 Å². The van der Waals surface area contributed by atoms with Gasteiger partial charge in [-0.3, -0.25) is 4.79 Å². The SMILES string of the molecule is CNC(=O)C(Cc1ccccc1)Sc1nc2nc(C)cc(C)n2n1. The van der Waals surface area contributed by atoms with Gasteiger partial charge in [0.1, 0.15) is 0 Å². The van der Waals surface area contributed by atoms with Crippen LogP contribution in [0.2, 0.25) is 0 Å². The highest BCUT2D eigenvalue weighted by atomic mass is 32.2. The first-order valence-corrected chi connectivity index (χ1v) is 8.58. The fraction of sp³-hybridized carbons (Fsp3) is 0.294. The van der Waals surface area contributed by atoms with E-state index in [-0.39, 0.29) is 11.2 Å². The Morgan fingerprint density at radius 2 is 2.00 bits per heavy atom. The molecule has 0 aliphatic heterocycles. The molecule has 1 amide bonds. The predicted octanol–water partition coefficient (Wildman–Crippen LogP) is 2.19. The second kappa shape index (κ2) is 7.00. The van der Waals surface area contributed by atoms with Crippen LogP contribution < -0.4 is 5.32 Å². The summed E-state index contributed by atoms with van der Waals surface area (Å²) in [6.45, 7) is 3.89. The summed E-state index contributed by atoms with van der Waals surface area (Å²) >= 11 is 1.36. The maximum Gasteiger partial charge on any atom is 0.253 e. The fourth-order valence-electron chi connectivity index (χ4n) is 2.50. The molecule has 0 aliphatic rings. The quantitative estimate of drug-likeness (QED) is 0.720. The molecule has 0 saturated carbocycles. The molecule has 0 fully saturated rings. The first-order chi connectivity index (χ1) is 11.6. The smallest absolute Gasteiger partial charge is 0.253 e. The monoisotopic (exact) mass is 341 g/mol. The Morgan fingerprint density at radius 1 is 1.25 bits per heavy atom. The number of nitrogens with zero attached hydrogens (tertiary/aromatic N) is 4. The Bertz CT molecular complexity index is 862. The van der Waals surface area contributed by atoms with Gasteiger partial charge in [0.25, 0.3) is 5.78 Å². The van der Waals surface area contributed by atoms with Gasteiger partial charge in [-0.05, 0) is 31.9 Å². The third-order valence-electron chi connectivity index (χ3n) is 3.65. The molecule has 124 valence electrons. The number of benzene rings is 1. The number of thioether (sulfide) groups is 1. The van der Waals surface area contributed by atoms with E-state index in [1.54, 1.807) is 11.6 Å². The summed E-state index contributed by atoms with van der Waals surface area (Å²) in [6.07, 6.45) is 0.617. The Morgan fingerprint density at radius 3 is 2.71 bits per heavy atom. The zero-order valence-electron chi connectivity index (χ0n) is 13.9. The minimum Gasteiger partial charge on any atom is -0.358 e. The molecule has 2 aromatic heterocycles. The maximum atomic E-state index is 12.2. The van der Waals surface area contributed by atoms with Crippen molar-refractivity contribution in [1.29, 1.82) is 0 Å². The summed E-state index contributed by atoms with van der Waals surface area (Å²) in [5.41, 5.74) is 2.97. The number of amides is 1. The Kier molecular flexibility index (Phi) is 4.80. The molecule has 24 heavy (non-hydrogen) atoms. The zero-order chi connectivity index (χ0) is 17.1. The number of aryl methyl sites for hydroxylation is 2. The number of hydrogen-bond donors (Lipinski definition) is 1. The third kappa shape index (κ3) is 3.56. The van der Waals surface area contributed by atoms with Crippen LogP contribution >= 0.6 is 11.8 Å². The van der Waals surface area contributed by atoms with E-state index in [2.05, 4.69) is 20.4 Å². The van der Waals surface area contributed by atoms with Crippen molar-refractivity contribution in [1.82, 2.24) is 24.9 Å². The Labute approximate surface area is 144 Å². The fourth-order valence-corrected chi connectivity index (χ4v) is 3.52. The van der Waals surface area contributed by atoms with Crippen molar-refractivity contribution in [3.63, 3.8) is 0 Å². The van der Waals surface area contributed by atoms with E-state index >= 15 is 0 Å². The summed E-state index contributed by atoms with van der Waals surface area (Å²) < 4.78 is 1.71. The molecular weight excluding hydrogens is 322 g/mol. The van der Waals surface area contributed by atoms with Crippen molar-refractivity contribution in [3.05, 3.63) is 53.3 Å². The molecule has 3 rings (SSSR count). The van der Waals surface area contributed by atoms with Crippen LogP contribution in [0.25, 0.3) is 5.78 Å². The van der Waals surface area contributed by atoms with Crippen molar-refractivity contribution in [2.24, 2.45) is 0 Å². The molecule has 7 heteroatoms. The van der Waals surface area contributed by atoms with Crippen molar-refractivity contribution < 1.29 is 4.79 Å². The van der Waals surface area contributed by atoms with Crippen LogP contribution in [0.3, 0.4) is 0 Å². The summed E-state index contributed by atoms with van der Waals surface area (Å²) in [7, 11) is 1.65. The van der Waals surface area contributed by atoms with Crippen LogP contribution in [0.15, 0.2) is 41.6 Å². The van der Waals surface area contributed by atoms with Crippen LogP contribution in [0.4, 0.5) is 0 Å². The first kappa shape index (κ1) is 16.4. The van der Waals surface area contributed by atoms with E-state index in [1.807, 2.05) is 50.2 Å². The van der Waals surface area contributed by atoms with Gasteiger partial charge in [0.15, 0.2) is 0 Å². The number of fused-ring (bicyclic) bond motifs is 1. The second-order valence-corrected chi connectivity index (χ2v) is 6.73. The number of carbonyl (C=O) groups excluding carboxylic acids is 1. The molecule has 0 spiro atoms. The summed E-state index contributed by atoms with van der Waals surface area (Å²) in [6, 6.07) is 11.9. The molecule has 6 nitrogen and oxygen atoms in total. The summed E-state index contributed by atoms with van der Waals surface area (Å²) in [5, 5.41) is 7.46. The van der Waals surface area contributed by atoms with Gasteiger partial charge in [-0.25, -0.2) is 9.50 Å². The minimum absolute atomic E-state index is 0.0384. The standard InChI is InChI=1S/C17H19N5OS/c1-11-9-12(2)22-16(19-11)20-17(21-22)24-14(15(23)18-3)10-13-7-5-4-6-8-13/h4-9,14H,10H2,1-3H3,(H,18,23). The van der Waals surface area contributed by atoms with Crippen molar-refractivity contribution in [2.45, 2.75) is 30.7 Å². The normalized spacial score (nSPS) is 12.3. The number of rotatable bonds is 5. The molecule has 0 aliphatic carbocycles. The molecule has 1 N–H and O–H groups in total. The topological polar surface area (TPSA) is 72.2 Å². The number of nitrogens with one attached hydrogen (secondary N) is 1. The molecule has 1 aromatic carbocycles. The van der Waals surface area contributed by atoms with Crippen LogP contribution in [0.1, 0.15) is 17.0 Å². The Balaban J connectivity index is 1.87. The van der Waals surface area contributed by atoms with Crippen molar-refractivity contribution in [3.8, 4) is 0 Å². The molecule has 0 saturated heterocycles. The molecular formula is C17H19N5OS.